The highest BCUT2D eigenvalue weighted by Gasteiger charge is 2.38. The first-order valence-corrected chi connectivity index (χ1v) is 5.86. The first kappa shape index (κ1) is 12.2. The number of hydrogen-bond donors (Lipinski definition) is 0. The highest BCUT2D eigenvalue weighted by Crippen LogP contribution is 2.24. The fourth-order valence-electron chi connectivity index (χ4n) is 1.96. The van der Waals surface area contributed by atoms with Crippen molar-refractivity contribution in [1.29, 1.82) is 0 Å². The van der Waals surface area contributed by atoms with Crippen molar-refractivity contribution in [3.05, 3.63) is 0 Å². The number of carbonyl (C=O) groups excluding carboxylic acids is 2. The quantitative estimate of drug-likeness (QED) is 0.385. The van der Waals surface area contributed by atoms with E-state index in [9.17, 15) is 9.59 Å². The first-order valence-electron chi connectivity index (χ1n) is 5.86. The number of esters is 1. The molecule has 3 heteroatoms. The molecular formula is C12H20O3. The zero-order valence-electron chi connectivity index (χ0n) is 9.62. The number of unbranched alkanes of at least 4 members (excludes halogenated alkanes) is 3. The maximum Gasteiger partial charge on any atom is 0.316 e. The molecule has 0 aliphatic carbocycles. The van der Waals surface area contributed by atoms with Gasteiger partial charge in [-0.3, -0.25) is 9.59 Å². The molecule has 0 amide bonds. The Balaban J connectivity index is 2.30. The molecule has 0 aromatic rings. The summed E-state index contributed by atoms with van der Waals surface area (Å²) in [4.78, 5) is 23.0. The second-order valence-corrected chi connectivity index (χ2v) is 4.36. The summed E-state index contributed by atoms with van der Waals surface area (Å²) < 4.78 is 4.87. The van der Waals surface area contributed by atoms with Gasteiger partial charge in [0.2, 0.25) is 0 Å². The monoisotopic (exact) mass is 212 g/mol. The van der Waals surface area contributed by atoms with Crippen LogP contribution in [-0.4, -0.2) is 18.4 Å². The van der Waals surface area contributed by atoms with Crippen LogP contribution in [-0.2, 0) is 14.3 Å². The lowest BCUT2D eigenvalue weighted by Gasteiger charge is -2.08. The molecule has 0 aromatic heterocycles. The Hall–Kier alpha value is -0.860. The fourth-order valence-corrected chi connectivity index (χ4v) is 1.96. The van der Waals surface area contributed by atoms with Gasteiger partial charge in [0.25, 0.3) is 0 Å². The van der Waals surface area contributed by atoms with Crippen LogP contribution in [0.3, 0.4) is 0 Å². The van der Waals surface area contributed by atoms with Gasteiger partial charge in [-0.25, -0.2) is 0 Å². The second kappa shape index (κ2) is 5.89. The molecule has 2 unspecified atom stereocenters. The van der Waals surface area contributed by atoms with E-state index in [1.165, 1.54) is 0 Å². The average Bonchev–Trinajstić information content (AvgIpc) is 2.53. The van der Waals surface area contributed by atoms with Gasteiger partial charge in [-0.1, -0.05) is 33.1 Å². The normalized spacial score (nSPS) is 25.3. The van der Waals surface area contributed by atoms with Crippen molar-refractivity contribution in [2.75, 3.05) is 6.61 Å². The van der Waals surface area contributed by atoms with Crippen LogP contribution in [0.15, 0.2) is 0 Å². The highest BCUT2D eigenvalue weighted by molar-refractivity contribution is 6.00. The second-order valence-electron chi connectivity index (χ2n) is 4.36. The lowest BCUT2D eigenvalue weighted by Crippen LogP contribution is -2.24. The van der Waals surface area contributed by atoms with Crippen molar-refractivity contribution in [2.45, 2.75) is 46.0 Å². The van der Waals surface area contributed by atoms with E-state index in [1.54, 1.807) is 0 Å². The number of rotatable bonds is 6. The lowest BCUT2D eigenvalue weighted by molar-refractivity contribution is -0.144. The van der Waals surface area contributed by atoms with Crippen LogP contribution in [0, 0.1) is 11.8 Å². The molecule has 3 nitrogen and oxygen atoms in total. The molecule has 15 heavy (non-hydrogen) atoms. The molecule has 0 aromatic carbocycles. The predicted octanol–water partition coefficient (Wildman–Crippen LogP) is 2.33. The Labute approximate surface area is 91.2 Å². The predicted molar refractivity (Wildman–Crippen MR) is 57.4 cm³/mol. The largest absolute Gasteiger partial charge is 0.465 e. The van der Waals surface area contributed by atoms with Gasteiger partial charge in [-0.05, 0) is 6.42 Å². The van der Waals surface area contributed by atoms with Gasteiger partial charge in [0, 0.05) is 12.3 Å². The lowest BCUT2D eigenvalue weighted by atomic mass is 9.90. The van der Waals surface area contributed by atoms with Gasteiger partial charge in [-0.15, -0.1) is 0 Å². The maximum atomic E-state index is 11.7. The number of ketones is 1. The van der Waals surface area contributed by atoms with Crippen molar-refractivity contribution < 1.29 is 14.3 Å². The van der Waals surface area contributed by atoms with Crippen molar-refractivity contribution >= 4 is 11.8 Å². The molecule has 1 aliphatic heterocycles. The summed E-state index contributed by atoms with van der Waals surface area (Å²) in [5, 5.41) is 0. The third kappa shape index (κ3) is 3.33. The van der Waals surface area contributed by atoms with Crippen LogP contribution in [0.25, 0.3) is 0 Å². The molecular weight excluding hydrogens is 192 g/mol. The molecule has 1 fully saturated rings. The molecule has 0 bridgehead atoms. The van der Waals surface area contributed by atoms with Crippen LogP contribution < -0.4 is 0 Å². The third-order valence-corrected chi connectivity index (χ3v) is 2.94. The molecule has 0 radical (unpaired) electrons. The minimum atomic E-state index is -0.480. The summed E-state index contributed by atoms with van der Waals surface area (Å²) in [6.45, 7) is 4.45. The highest BCUT2D eigenvalue weighted by atomic mass is 16.5. The zero-order chi connectivity index (χ0) is 11.3. The molecule has 0 saturated carbocycles. The molecule has 1 saturated heterocycles. The topological polar surface area (TPSA) is 43.4 Å². The van der Waals surface area contributed by atoms with Crippen molar-refractivity contribution in [3.8, 4) is 0 Å². The Morgan fingerprint density at radius 1 is 1.40 bits per heavy atom. The summed E-state index contributed by atoms with van der Waals surface area (Å²) in [6, 6.07) is 0. The minimum Gasteiger partial charge on any atom is -0.465 e. The molecule has 86 valence electrons. The van der Waals surface area contributed by atoms with Crippen molar-refractivity contribution in [2.24, 2.45) is 11.8 Å². The Morgan fingerprint density at radius 2 is 2.13 bits per heavy atom. The molecule has 2 atom stereocenters. The van der Waals surface area contributed by atoms with Crippen LogP contribution in [0.1, 0.15) is 46.0 Å². The number of Topliss-reactive ketones (excluding diaryl/α,β-unsaturated/α-hetero) is 1. The van der Waals surface area contributed by atoms with E-state index in [-0.39, 0.29) is 17.7 Å². The molecule has 1 rings (SSSR count). The van der Waals surface area contributed by atoms with Crippen LogP contribution in [0.5, 0.6) is 0 Å². The van der Waals surface area contributed by atoms with Crippen LogP contribution >= 0.6 is 0 Å². The summed E-state index contributed by atoms with van der Waals surface area (Å²) in [7, 11) is 0. The zero-order valence-corrected chi connectivity index (χ0v) is 9.62. The molecule has 0 spiro atoms. The van der Waals surface area contributed by atoms with Crippen LogP contribution in [0.2, 0.25) is 0 Å². The number of ether oxygens (including phenoxy) is 1. The summed E-state index contributed by atoms with van der Waals surface area (Å²) >= 11 is 0. The SMILES string of the molecule is CCCCCCC(=O)C1C(=O)OCC1C. The molecule has 0 N–H and O–H groups in total. The average molecular weight is 212 g/mol. The smallest absolute Gasteiger partial charge is 0.316 e. The number of hydrogen-bond acceptors (Lipinski definition) is 3. The van der Waals surface area contributed by atoms with Gasteiger partial charge in [0.15, 0.2) is 0 Å². The maximum absolute atomic E-state index is 11.7. The summed E-state index contributed by atoms with van der Waals surface area (Å²) in [6.07, 6.45) is 4.85. The van der Waals surface area contributed by atoms with Gasteiger partial charge in [0.05, 0.1) is 6.61 Å². The van der Waals surface area contributed by atoms with E-state index in [0.717, 1.165) is 25.7 Å². The standard InChI is InChI=1S/C12H20O3/c1-3-4-5-6-7-10(13)11-9(2)8-15-12(11)14/h9,11H,3-8H2,1-2H3. The minimum absolute atomic E-state index is 0.0659. The van der Waals surface area contributed by atoms with Gasteiger partial charge < -0.3 is 4.74 Å². The fraction of sp³-hybridized carbons (Fsp3) is 0.833. The Bertz CT molecular complexity index is 235. The Morgan fingerprint density at radius 3 is 2.67 bits per heavy atom. The summed E-state index contributed by atoms with van der Waals surface area (Å²) in [5.74, 6) is -0.660. The van der Waals surface area contributed by atoms with Crippen molar-refractivity contribution in [1.82, 2.24) is 0 Å². The van der Waals surface area contributed by atoms with Crippen molar-refractivity contribution in [3.63, 3.8) is 0 Å². The van der Waals surface area contributed by atoms with E-state index < -0.39 is 5.92 Å². The first-order chi connectivity index (χ1) is 7.16. The van der Waals surface area contributed by atoms with Crippen LogP contribution in [0.4, 0.5) is 0 Å². The van der Waals surface area contributed by atoms with E-state index >= 15 is 0 Å². The number of carbonyl (C=O) groups is 2. The van der Waals surface area contributed by atoms with Gasteiger partial charge in [0.1, 0.15) is 11.7 Å². The third-order valence-electron chi connectivity index (χ3n) is 2.94. The van der Waals surface area contributed by atoms with Gasteiger partial charge >= 0.3 is 5.97 Å². The van der Waals surface area contributed by atoms with Gasteiger partial charge in [-0.2, -0.15) is 0 Å². The summed E-state index contributed by atoms with van der Waals surface area (Å²) in [5.41, 5.74) is 0. The Kier molecular flexibility index (Phi) is 4.79. The van der Waals surface area contributed by atoms with E-state index in [2.05, 4.69) is 6.92 Å². The number of cyclic esters (lactones) is 1. The molecule has 1 heterocycles. The molecule has 1 aliphatic rings. The van der Waals surface area contributed by atoms with E-state index in [1.807, 2.05) is 6.92 Å². The van der Waals surface area contributed by atoms with E-state index in [0.29, 0.717) is 13.0 Å². The van der Waals surface area contributed by atoms with E-state index in [4.69, 9.17) is 4.74 Å².